The molecule has 3 aromatic rings. The Morgan fingerprint density at radius 3 is 2.96 bits per heavy atom. The maximum Gasteiger partial charge on any atom is 0.268 e. The van der Waals surface area contributed by atoms with Crippen LogP contribution < -0.4 is 10.9 Å². The van der Waals surface area contributed by atoms with Crippen molar-refractivity contribution in [3.05, 3.63) is 64.7 Å². The number of fused-ring (bicyclic) bond motifs is 1. The standard InChI is InChI=1S/C17H16N4O3/c22-16-6-3-7-18-21(16)15-10-24-9-14(15)20-17(23)13-8-11-4-1-2-5-12(11)19-13/h1-8,14-15,19H,9-10H2,(H,20,23). The molecule has 2 aromatic heterocycles. The number of aromatic nitrogens is 3. The number of carbonyl (C=O) groups is 1. The van der Waals surface area contributed by atoms with Gasteiger partial charge in [0.1, 0.15) is 11.7 Å². The van der Waals surface area contributed by atoms with Crippen LogP contribution in [0.4, 0.5) is 0 Å². The minimum Gasteiger partial charge on any atom is -0.377 e. The molecule has 3 heterocycles. The van der Waals surface area contributed by atoms with E-state index in [0.29, 0.717) is 18.9 Å². The van der Waals surface area contributed by atoms with Gasteiger partial charge in [0.15, 0.2) is 0 Å². The molecule has 0 bridgehead atoms. The molecule has 0 aliphatic carbocycles. The van der Waals surface area contributed by atoms with Gasteiger partial charge in [0.25, 0.3) is 11.5 Å². The van der Waals surface area contributed by atoms with Crippen molar-refractivity contribution < 1.29 is 9.53 Å². The van der Waals surface area contributed by atoms with Gasteiger partial charge in [-0.05, 0) is 18.2 Å². The second-order valence-corrected chi connectivity index (χ2v) is 5.76. The number of carbonyl (C=O) groups excluding carboxylic acids is 1. The molecule has 1 aromatic carbocycles. The largest absolute Gasteiger partial charge is 0.377 e. The lowest BCUT2D eigenvalue weighted by molar-refractivity contribution is 0.0920. The summed E-state index contributed by atoms with van der Waals surface area (Å²) in [5.74, 6) is -0.226. The first-order chi connectivity index (χ1) is 11.7. The van der Waals surface area contributed by atoms with Crippen molar-refractivity contribution in [2.45, 2.75) is 12.1 Å². The predicted molar refractivity (Wildman–Crippen MR) is 87.9 cm³/mol. The third kappa shape index (κ3) is 2.59. The first-order valence-corrected chi connectivity index (χ1v) is 7.72. The number of ether oxygens (including phenoxy) is 1. The zero-order chi connectivity index (χ0) is 16.5. The van der Waals surface area contributed by atoms with E-state index >= 15 is 0 Å². The van der Waals surface area contributed by atoms with Crippen LogP contribution in [0.2, 0.25) is 0 Å². The predicted octanol–water partition coefficient (Wildman–Crippen LogP) is 1.09. The highest BCUT2D eigenvalue weighted by Gasteiger charge is 2.32. The highest BCUT2D eigenvalue weighted by Crippen LogP contribution is 2.19. The van der Waals surface area contributed by atoms with Crippen LogP contribution in [0.1, 0.15) is 16.5 Å². The van der Waals surface area contributed by atoms with Crippen LogP contribution in [-0.2, 0) is 4.74 Å². The van der Waals surface area contributed by atoms with Gasteiger partial charge in [-0.3, -0.25) is 9.59 Å². The molecule has 1 fully saturated rings. The van der Waals surface area contributed by atoms with Crippen LogP contribution in [0, 0.1) is 0 Å². The summed E-state index contributed by atoms with van der Waals surface area (Å²) in [6.45, 7) is 0.689. The number of amides is 1. The highest BCUT2D eigenvalue weighted by atomic mass is 16.5. The van der Waals surface area contributed by atoms with Crippen LogP contribution in [0.3, 0.4) is 0 Å². The lowest BCUT2D eigenvalue weighted by atomic mass is 10.1. The van der Waals surface area contributed by atoms with E-state index in [0.717, 1.165) is 10.9 Å². The summed E-state index contributed by atoms with van der Waals surface area (Å²) < 4.78 is 6.81. The van der Waals surface area contributed by atoms with E-state index in [9.17, 15) is 9.59 Å². The van der Waals surface area contributed by atoms with Crippen molar-refractivity contribution >= 4 is 16.8 Å². The average molecular weight is 324 g/mol. The number of nitrogens with one attached hydrogen (secondary N) is 2. The van der Waals surface area contributed by atoms with Crippen LogP contribution in [0.15, 0.2) is 53.5 Å². The number of hydrogen-bond donors (Lipinski definition) is 2. The molecule has 2 unspecified atom stereocenters. The third-order valence-corrected chi connectivity index (χ3v) is 4.20. The number of hydrogen-bond acceptors (Lipinski definition) is 4. The molecule has 1 aliphatic rings. The van der Waals surface area contributed by atoms with E-state index in [1.165, 1.54) is 10.7 Å². The first kappa shape index (κ1) is 14.6. The molecule has 7 heteroatoms. The van der Waals surface area contributed by atoms with E-state index in [-0.39, 0.29) is 23.6 Å². The maximum atomic E-state index is 12.5. The Balaban J connectivity index is 1.56. The summed E-state index contributed by atoms with van der Waals surface area (Å²) in [7, 11) is 0. The van der Waals surface area contributed by atoms with Gasteiger partial charge in [-0.25, -0.2) is 4.68 Å². The van der Waals surface area contributed by atoms with Gasteiger partial charge in [-0.15, -0.1) is 0 Å². The first-order valence-electron chi connectivity index (χ1n) is 7.72. The normalized spacial score (nSPS) is 20.3. The molecular weight excluding hydrogens is 308 g/mol. The molecular formula is C17H16N4O3. The lowest BCUT2D eigenvalue weighted by Gasteiger charge is -2.19. The summed E-state index contributed by atoms with van der Waals surface area (Å²) in [4.78, 5) is 27.6. The van der Waals surface area contributed by atoms with Crippen LogP contribution in [0.5, 0.6) is 0 Å². The van der Waals surface area contributed by atoms with Gasteiger partial charge in [-0.2, -0.15) is 5.10 Å². The fourth-order valence-electron chi connectivity index (χ4n) is 2.98. The van der Waals surface area contributed by atoms with E-state index in [1.807, 2.05) is 30.3 Å². The SMILES string of the molecule is O=C(NC1COCC1n1ncccc1=O)c1cc2ccccc2[nH]1. The maximum absolute atomic E-state index is 12.5. The number of rotatable bonds is 3. The number of para-hydroxylation sites is 1. The molecule has 0 spiro atoms. The fraction of sp³-hybridized carbons (Fsp3) is 0.235. The summed E-state index contributed by atoms with van der Waals surface area (Å²) in [6.07, 6.45) is 1.55. The third-order valence-electron chi connectivity index (χ3n) is 4.20. The highest BCUT2D eigenvalue weighted by molar-refractivity contribution is 5.98. The van der Waals surface area contributed by atoms with Crippen LogP contribution >= 0.6 is 0 Å². The van der Waals surface area contributed by atoms with Gasteiger partial charge in [0.2, 0.25) is 0 Å². The van der Waals surface area contributed by atoms with E-state index in [4.69, 9.17) is 4.74 Å². The number of aromatic amines is 1. The summed E-state index contributed by atoms with van der Waals surface area (Å²) in [5, 5.41) is 8.00. The minimum atomic E-state index is -0.313. The second-order valence-electron chi connectivity index (χ2n) is 5.76. The Morgan fingerprint density at radius 2 is 2.12 bits per heavy atom. The molecule has 122 valence electrons. The van der Waals surface area contributed by atoms with Gasteiger partial charge < -0.3 is 15.0 Å². The van der Waals surface area contributed by atoms with Gasteiger partial charge in [0, 0.05) is 23.2 Å². The van der Waals surface area contributed by atoms with Crippen molar-refractivity contribution in [3.63, 3.8) is 0 Å². The Labute approximate surface area is 137 Å². The number of nitrogens with zero attached hydrogens (tertiary/aromatic N) is 2. The van der Waals surface area contributed by atoms with E-state index < -0.39 is 0 Å². The summed E-state index contributed by atoms with van der Waals surface area (Å²) in [6, 6.07) is 11.9. The van der Waals surface area contributed by atoms with E-state index in [1.54, 1.807) is 12.3 Å². The second kappa shape index (κ2) is 5.93. The molecule has 0 saturated carbocycles. The number of benzene rings is 1. The molecule has 4 rings (SSSR count). The van der Waals surface area contributed by atoms with Crippen molar-refractivity contribution in [1.82, 2.24) is 20.1 Å². The molecule has 1 amide bonds. The summed E-state index contributed by atoms with van der Waals surface area (Å²) >= 11 is 0. The Kier molecular flexibility index (Phi) is 3.62. The topological polar surface area (TPSA) is 89.0 Å². The number of H-pyrrole nitrogens is 1. The molecule has 1 saturated heterocycles. The van der Waals surface area contributed by atoms with Crippen molar-refractivity contribution in [2.75, 3.05) is 13.2 Å². The molecule has 0 radical (unpaired) electrons. The zero-order valence-electron chi connectivity index (χ0n) is 12.8. The minimum absolute atomic E-state index is 0.210. The zero-order valence-corrected chi connectivity index (χ0v) is 12.8. The van der Waals surface area contributed by atoms with Crippen LogP contribution in [0.25, 0.3) is 10.9 Å². The van der Waals surface area contributed by atoms with Gasteiger partial charge in [0.05, 0.1) is 19.3 Å². The Morgan fingerprint density at radius 1 is 1.25 bits per heavy atom. The van der Waals surface area contributed by atoms with Crippen molar-refractivity contribution in [1.29, 1.82) is 0 Å². The van der Waals surface area contributed by atoms with Crippen molar-refractivity contribution in [2.24, 2.45) is 0 Å². The Hall–Kier alpha value is -2.93. The smallest absolute Gasteiger partial charge is 0.268 e. The molecule has 7 nitrogen and oxygen atoms in total. The van der Waals surface area contributed by atoms with E-state index in [2.05, 4.69) is 15.4 Å². The van der Waals surface area contributed by atoms with Crippen LogP contribution in [-0.4, -0.2) is 39.9 Å². The average Bonchev–Trinajstić information content (AvgIpc) is 3.22. The fourth-order valence-corrected chi connectivity index (χ4v) is 2.98. The van der Waals surface area contributed by atoms with Crippen molar-refractivity contribution in [3.8, 4) is 0 Å². The molecule has 1 aliphatic heterocycles. The Bertz CT molecular complexity index is 913. The summed E-state index contributed by atoms with van der Waals surface area (Å²) in [5.41, 5.74) is 1.18. The molecule has 24 heavy (non-hydrogen) atoms. The van der Waals surface area contributed by atoms with Gasteiger partial charge in [-0.1, -0.05) is 18.2 Å². The molecule has 2 atom stereocenters. The quantitative estimate of drug-likeness (QED) is 0.755. The molecule has 2 N–H and O–H groups in total. The lowest BCUT2D eigenvalue weighted by Crippen LogP contribution is -2.44. The monoisotopic (exact) mass is 324 g/mol. The van der Waals surface area contributed by atoms with Gasteiger partial charge >= 0.3 is 0 Å².